The third kappa shape index (κ3) is 2.48. The molecule has 0 radical (unpaired) electrons. The number of rotatable bonds is 3. The number of pyridine rings is 1. The molecule has 1 heterocycles. The Balaban J connectivity index is 2.94. The van der Waals surface area contributed by atoms with Gasteiger partial charge in [-0.2, -0.15) is 0 Å². The van der Waals surface area contributed by atoms with Crippen LogP contribution in [0.15, 0.2) is 18.3 Å². The molecular formula is C9H10N2O3. The Labute approximate surface area is 80.8 Å². The summed E-state index contributed by atoms with van der Waals surface area (Å²) >= 11 is 0. The Bertz CT molecular complexity index is 374. The molecule has 1 aromatic rings. The lowest BCUT2D eigenvalue weighted by atomic mass is 10.2. The van der Waals surface area contributed by atoms with Crippen LogP contribution < -0.4 is 10.5 Å². The number of anilines is 1. The summed E-state index contributed by atoms with van der Waals surface area (Å²) in [6.45, 7) is 0. The number of hydrogen-bond donors (Lipinski definition) is 2. The van der Waals surface area contributed by atoms with E-state index in [2.05, 4.69) is 4.98 Å². The average Bonchev–Trinajstić information content (AvgIpc) is 2.15. The quantitative estimate of drug-likeness (QED) is 0.694. The fourth-order valence-electron chi connectivity index (χ4n) is 0.873. The molecule has 3 N–H and O–H groups in total. The van der Waals surface area contributed by atoms with E-state index in [1.54, 1.807) is 6.07 Å². The second-order valence-electron chi connectivity index (χ2n) is 2.52. The molecule has 0 aliphatic heterocycles. The number of carboxylic acid groups (broad SMARTS) is 1. The molecule has 0 aromatic carbocycles. The van der Waals surface area contributed by atoms with Crippen molar-refractivity contribution < 1.29 is 14.6 Å². The molecule has 1 rings (SSSR count). The summed E-state index contributed by atoms with van der Waals surface area (Å²) in [6, 6.07) is 1.58. The molecular weight excluding hydrogens is 184 g/mol. The van der Waals surface area contributed by atoms with Crippen LogP contribution in [0.3, 0.4) is 0 Å². The Hall–Kier alpha value is -2.04. The molecule has 0 unspecified atom stereocenters. The highest BCUT2D eigenvalue weighted by Crippen LogP contribution is 2.17. The normalized spacial score (nSPS) is 10.4. The number of carboxylic acids is 1. The largest absolute Gasteiger partial charge is 0.495 e. The standard InChI is InChI=1S/C9H10N2O3/c1-14-6-4-7(10)8(11-5-6)2-3-9(12)13/h2-5H,10H2,1H3,(H,12,13)/b3-2+. The molecule has 0 atom stereocenters. The second kappa shape index (κ2) is 4.27. The van der Waals surface area contributed by atoms with E-state index in [0.717, 1.165) is 6.08 Å². The van der Waals surface area contributed by atoms with Gasteiger partial charge in [-0.25, -0.2) is 4.79 Å². The first-order valence-corrected chi connectivity index (χ1v) is 3.84. The van der Waals surface area contributed by atoms with E-state index >= 15 is 0 Å². The Morgan fingerprint density at radius 1 is 1.71 bits per heavy atom. The van der Waals surface area contributed by atoms with Crippen LogP contribution in [0.5, 0.6) is 5.75 Å². The van der Waals surface area contributed by atoms with E-state index < -0.39 is 5.97 Å². The SMILES string of the molecule is COc1cnc(/C=C/C(=O)O)c(N)c1. The third-order valence-corrected chi connectivity index (χ3v) is 1.54. The van der Waals surface area contributed by atoms with E-state index in [-0.39, 0.29) is 0 Å². The highest BCUT2D eigenvalue weighted by atomic mass is 16.5. The van der Waals surface area contributed by atoms with Gasteiger partial charge in [0.2, 0.25) is 0 Å². The van der Waals surface area contributed by atoms with Crippen molar-refractivity contribution in [2.24, 2.45) is 0 Å². The summed E-state index contributed by atoms with van der Waals surface area (Å²) in [5.41, 5.74) is 6.38. The summed E-state index contributed by atoms with van der Waals surface area (Å²) in [7, 11) is 1.50. The molecule has 0 spiro atoms. The molecule has 0 aliphatic rings. The number of aliphatic carboxylic acids is 1. The first kappa shape index (κ1) is 10.0. The number of nitrogens with two attached hydrogens (primary N) is 1. The lowest BCUT2D eigenvalue weighted by Gasteiger charge is -2.02. The third-order valence-electron chi connectivity index (χ3n) is 1.54. The van der Waals surface area contributed by atoms with Gasteiger partial charge in [0.1, 0.15) is 5.75 Å². The number of hydrogen-bond acceptors (Lipinski definition) is 4. The van der Waals surface area contributed by atoms with Gasteiger partial charge < -0.3 is 15.6 Å². The average molecular weight is 194 g/mol. The zero-order chi connectivity index (χ0) is 10.6. The van der Waals surface area contributed by atoms with Gasteiger partial charge >= 0.3 is 5.97 Å². The van der Waals surface area contributed by atoms with Gasteiger partial charge in [-0.3, -0.25) is 4.98 Å². The summed E-state index contributed by atoms with van der Waals surface area (Å²) in [6.07, 6.45) is 3.78. The van der Waals surface area contributed by atoms with Gasteiger partial charge in [0.25, 0.3) is 0 Å². The fraction of sp³-hybridized carbons (Fsp3) is 0.111. The van der Waals surface area contributed by atoms with Crippen molar-refractivity contribution in [1.29, 1.82) is 0 Å². The van der Waals surface area contributed by atoms with Crippen molar-refractivity contribution in [3.05, 3.63) is 24.0 Å². The van der Waals surface area contributed by atoms with Gasteiger partial charge in [0, 0.05) is 12.1 Å². The van der Waals surface area contributed by atoms with E-state index in [9.17, 15) is 4.79 Å². The van der Waals surface area contributed by atoms with Gasteiger partial charge in [-0.1, -0.05) is 0 Å². The maximum atomic E-state index is 10.2. The topological polar surface area (TPSA) is 85.4 Å². The molecule has 1 aromatic heterocycles. The van der Waals surface area contributed by atoms with Crippen LogP contribution in [0.25, 0.3) is 6.08 Å². The van der Waals surface area contributed by atoms with Crippen LogP contribution in [0.1, 0.15) is 5.69 Å². The zero-order valence-corrected chi connectivity index (χ0v) is 7.60. The van der Waals surface area contributed by atoms with Crippen LogP contribution in [0.4, 0.5) is 5.69 Å². The lowest BCUT2D eigenvalue weighted by molar-refractivity contribution is -0.131. The van der Waals surface area contributed by atoms with Crippen LogP contribution in [0, 0.1) is 0 Å². The molecule has 0 saturated heterocycles. The number of ether oxygens (including phenoxy) is 1. The van der Waals surface area contributed by atoms with Crippen molar-refractivity contribution in [2.75, 3.05) is 12.8 Å². The number of nitrogens with zero attached hydrogens (tertiary/aromatic N) is 1. The second-order valence-corrected chi connectivity index (χ2v) is 2.52. The predicted octanol–water partition coefficient (Wildman–Crippen LogP) is 0.770. The van der Waals surface area contributed by atoms with E-state index in [1.807, 2.05) is 0 Å². The number of aromatic nitrogens is 1. The van der Waals surface area contributed by atoms with Crippen molar-refractivity contribution >= 4 is 17.7 Å². The van der Waals surface area contributed by atoms with Crippen LogP contribution in [0.2, 0.25) is 0 Å². The molecule has 5 nitrogen and oxygen atoms in total. The van der Waals surface area contributed by atoms with Crippen LogP contribution >= 0.6 is 0 Å². The number of carbonyl (C=O) groups is 1. The summed E-state index contributed by atoms with van der Waals surface area (Å²) < 4.78 is 4.89. The minimum atomic E-state index is -1.04. The monoisotopic (exact) mass is 194 g/mol. The first-order valence-electron chi connectivity index (χ1n) is 3.84. The Morgan fingerprint density at radius 3 is 2.93 bits per heavy atom. The molecule has 14 heavy (non-hydrogen) atoms. The van der Waals surface area contributed by atoms with Gasteiger partial charge in [-0.05, 0) is 6.08 Å². The van der Waals surface area contributed by atoms with E-state index in [0.29, 0.717) is 17.1 Å². The summed E-state index contributed by atoms with van der Waals surface area (Å²) in [4.78, 5) is 14.1. The fourth-order valence-corrected chi connectivity index (χ4v) is 0.873. The number of methoxy groups -OCH3 is 1. The molecule has 0 bridgehead atoms. The van der Waals surface area contributed by atoms with E-state index in [4.69, 9.17) is 15.6 Å². The molecule has 0 fully saturated rings. The Kier molecular flexibility index (Phi) is 3.06. The van der Waals surface area contributed by atoms with Gasteiger partial charge in [0.05, 0.1) is 24.7 Å². The molecule has 0 saturated carbocycles. The maximum absolute atomic E-state index is 10.2. The smallest absolute Gasteiger partial charge is 0.328 e. The van der Waals surface area contributed by atoms with E-state index in [1.165, 1.54) is 19.4 Å². The minimum absolute atomic E-state index is 0.377. The zero-order valence-electron chi connectivity index (χ0n) is 7.60. The van der Waals surface area contributed by atoms with Crippen LogP contribution in [-0.4, -0.2) is 23.2 Å². The lowest BCUT2D eigenvalue weighted by Crippen LogP contribution is -1.95. The molecule has 74 valence electrons. The molecule has 0 aliphatic carbocycles. The predicted molar refractivity (Wildman–Crippen MR) is 51.9 cm³/mol. The van der Waals surface area contributed by atoms with Crippen molar-refractivity contribution in [3.8, 4) is 5.75 Å². The van der Waals surface area contributed by atoms with Crippen molar-refractivity contribution in [2.45, 2.75) is 0 Å². The Morgan fingerprint density at radius 2 is 2.43 bits per heavy atom. The molecule has 0 amide bonds. The highest BCUT2D eigenvalue weighted by molar-refractivity contribution is 5.86. The van der Waals surface area contributed by atoms with Crippen molar-refractivity contribution in [1.82, 2.24) is 4.98 Å². The molecule has 5 heteroatoms. The highest BCUT2D eigenvalue weighted by Gasteiger charge is 1.99. The number of nitrogen functional groups attached to an aromatic ring is 1. The van der Waals surface area contributed by atoms with Crippen molar-refractivity contribution in [3.63, 3.8) is 0 Å². The maximum Gasteiger partial charge on any atom is 0.328 e. The summed E-state index contributed by atoms with van der Waals surface area (Å²) in [5.74, 6) is -0.503. The minimum Gasteiger partial charge on any atom is -0.495 e. The summed E-state index contributed by atoms with van der Waals surface area (Å²) in [5, 5.41) is 8.39. The van der Waals surface area contributed by atoms with Gasteiger partial charge in [-0.15, -0.1) is 0 Å². The first-order chi connectivity index (χ1) is 6.63. The van der Waals surface area contributed by atoms with Gasteiger partial charge in [0.15, 0.2) is 0 Å². The van der Waals surface area contributed by atoms with Crippen LogP contribution in [-0.2, 0) is 4.79 Å².